The van der Waals surface area contributed by atoms with Crippen LogP contribution in [-0.2, 0) is 0 Å². The van der Waals surface area contributed by atoms with E-state index in [1.54, 1.807) is 12.1 Å². The standard InChI is InChI=1S/C13H16N4OS/c1-7(2)11-12(19-17-16-11)13(18)15-10-5-4-9(14)6-8(10)3/h4-7H,14H2,1-3H3,(H,15,18). The summed E-state index contributed by atoms with van der Waals surface area (Å²) in [6, 6.07) is 5.38. The molecule has 3 N–H and O–H groups in total. The largest absolute Gasteiger partial charge is 0.399 e. The van der Waals surface area contributed by atoms with Crippen LogP contribution in [0.4, 0.5) is 11.4 Å². The number of amides is 1. The third-order valence-corrected chi connectivity index (χ3v) is 3.51. The molecule has 0 aliphatic heterocycles. The summed E-state index contributed by atoms with van der Waals surface area (Å²) in [7, 11) is 0. The molecule has 1 aromatic carbocycles. The maximum Gasteiger partial charge on any atom is 0.269 e. The number of nitrogens with two attached hydrogens (primary N) is 1. The molecule has 0 saturated heterocycles. The van der Waals surface area contributed by atoms with Crippen molar-refractivity contribution >= 4 is 28.8 Å². The maximum atomic E-state index is 12.2. The molecule has 2 rings (SSSR count). The smallest absolute Gasteiger partial charge is 0.269 e. The summed E-state index contributed by atoms with van der Waals surface area (Å²) in [5.74, 6) is -0.00131. The highest BCUT2D eigenvalue weighted by molar-refractivity contribution is 7.08. The van der Waals surface area contributed by atoms with E-state index in [0.29, 0.717) is 10.6 Å². The van der Waals surface area contributed by atoms with Gasteiger partial charge in [0.25, 0.3) is 5.91 Å². The first-order chi connectivity index (χ1) is 8.99. The number of nitrogen functional groups attached to an aromatic ring is 1. The fourth-order valence-corrected chi connectivity index (χ4v) is 2.45. The predicted molar refractivity (Wildman–Crippen MR) is 77.5 cm³/mol. The average molecular weight is 276 g/mol. The molecule has 2 aromatic rings. The van der Waals surface area contributed by atoms with Crippen LogP contribution in [0.15, 0.2) is 18.2 Å². The number of nitrogens with zero attached hydrogens (tertiary/aromatic N) is 2. The first kappa shape index (κ1) is 13.5. The fourth-order valence-electron chi connectivity index (χ4n) is 1.74. The topological polar surface area (TPSA) is 80.9 Å². The Hall–Kier alpha value is -1.95. The number of aryl methyl sites for hydroxylation is 1. The van der Waals surface area contributed by atoms with Crippen molar-refractivity contribution < 1.29 is 4.79 Å². The van der Waals surface area contributed by atoms with E-state index in [1.165, 1.54) is 0 Å². The molecule has 19 heavy (non-hydrogen) atoms. The van der Waals surface area contributed by atoms with E-state index in [2.05, 4.69) is 14.9 Å². The highest BCUT2D eigenvalue weighted by atomic mass is 32.1. The second-order valence-corrected chi connectivity index (χ2v) is 5.42. The first-order valence-electron chi connectivity index (χ1n) is 5.98. The number of anilines is 2. The Bertz CT molecular complexity index is 606. The van der Waals surface area contributed by atoms with Crippen molar-refractivity contribution in [1.82, 2.24) is 9.59 Å². The van der Waals surface area contributed by atoms with Gasteiger partial charge in [0, 0.05) is 11.4 Å². The summed E-state index contributed by atoms with van der Waals surface area (Å²) in [5, 5.41) is 6.87. The normalized spacial score (nSPS) is 10.7. The molecule has 0 aliphatic carbocycles. The van der Waals surface area contributed by atoms with E-state index in [0.717, 1.165) is 28.5 Å². The Morgan fingerprint density at radius 3 is 2.79 bits per heavy atom. The minimum atomic E-state index is -0.174. The van der Waals surface area contributed by atoms with E-state index in [-0.39, 0.29) is 11.8 Å². The van der Waals surface area contributed by atoms with Crippen LogP contribution in [0.3, 0.4) is 0 Å². The molecule has 0 radical (unpaired) electrons. The van der Waals surface area contributed by atoms with Gasteiger partial charge in [0.05, 0.1) is 5.69 Å². The van der Waals surface area contributed by atoms with E-state index in [4.69, 9.17) is 5.73 Å². The van der Waals surface area contributed by atoms with Gasteiger partial charge >= 0.3 is 0 Å². The molecule has 0 bridgehead atoms. The Morgan fingerprint density at radius 2 is 2.16 bits per heavy atom. The van der Waals surface area contributed by atoms with Gasteiger partial charge in [-0.3, -0.25) is 4.79 Å². The van der Waals surface area contributed by atoms with Crippen molar-refractivity contribution in [3.63, 3.8) is 0 Å². The summed E-state index contributed by atoms with van der Waals surface area (Å²) >= 11 is 1.12. The van der Waals surface area contributed by atoms with Crippen LogP contribution >= 0.6 is 11.5 Å². The Kier molecular flexibility index (Phi) is 3.80. The molecule has 1 aromatic heterocycles. The van der Waals surface area contributed by atoms with Gasteiger partial charge in [0.15, 0.2) is 0 Å². The van der Waals surface area contributed by atoms with Gasteiger partial charge in [-0.2, -0.15) is 0 Å². The number of hydrogen-bond acceptors (Lipinski definition) is 5. The highest BCUT2D eigenvalue weighted by Gasteiger charge is 2.19. The SMILES string of the molecule is Cc1cc(N)ccc1NC(=O)c1snnc1C(C)C. The molecule has 0 fully saturated rings. The number of hydrogen-bond donors (Lipinski definition) is 2. The zero-order chi connectivity index (χ0) is 14.0. The molecule has 0 spiro atoms. The van der Waals surface area contributed by atoms with Crippen molar-refractivity contribution in [3.05, 3.63) is 34.3 Å². The molecule has 0 saturated carbocycles. The van der Waals surface area contributed by atoms with Crippen LogP contribution in [0, 0.1) is 6.92 Å². The van der Waals surface area contributed by atoms with Gasteiger partial charge in [-0.15, -0.1) is 5.10 Å². The molecule has 5 nitrogen and oxygen atoms in total. The lowest BCUT2D eigenvalue weighted by Gasteiger charge is -2.09. The zero-order valence-corrected chi connectivity index (χ0v) is 11.9. The third kappa shape index (κ3) is 2.90. The molecule has 6 heteroatoms. The van der Waals surface area contributed by atoms with Gasteiger partial charge in [0.1, 0.15) is 4.88 Å². The fraction of sp³-hybridized carbons (Fsp3) is 0.308. The van der Waals surface area contributed by atoms with Crippen LogP contribution in [0.1, 0.15) is 40.7 Å². The van der Waals surface area contributed by atoms with Crippen LogP contribution in [-0.4, -0.2) is 15.5 Å². The van der Waals surface area contributed by atoms with Crippen LogP contribution in [0.5, 0.6) is 0 Å². The number of carbonyl (C=O) groups is 1. The van der Waals surface area contributed by atoms with Crippen molar-refractivity contribution in [2.75, 3.05) is 11.1 Å². The lowest BCUT2D eigenvalue weighted by atomic mass is 10.1. The lowest BCUT2D eigenvalue weighted by Crippen LogP contribution is -2.14. The molecule has 0 unspecified atom stereocenters. The van der Waals surface area contributed by atoms with Crippen LogP contribution < -0.4 is 11.1 Å². The van der Waals surface area contributed by atoms with Crippen LogP contribution in [0.2, 0.25) is 0 Å². The minimum Gasteiger partial charge on any atom is -0.399 e. The van der Waals surface area contributed by atoms with E-state index in [9.17, 15) is 4.79 Å². The van der Waals surface area contributed by atoms with E-state index in [1.807, 2.05) is 26.8 Å². The zero-order valence-electron chi connectivity index (χ0n) is 11.1. The number of benzene rings is 1. The molecule has 100 valence electrons. The number of aromatic nitrogens is 2. The predicted octanol–water partition coefficient (Wildman–Crippen LogP) is 2.80. The van der Waals surface area contributed by atoms with E-state index < -0.39 is 0 Å². The van der Waals surface area contributed by atoms with Gasteiger partial charge in [0.2, 0.25) is 0 Å². The minimum absolute atomic E-state index is 0.173. The van der Waals surface area contributed by atoms with Gasteiger partial charge in [-0.05, 0) is 48.1 Å². The van der Waals surface area contributed by atoms with Gasteiger partial charge < -0.3 is 11.1 Å². The Balaban J connectivity index is 2.23. The second kappa shape index (κ2) is 5.36. The molecule has 0 aliphatic rings. The molecule has 0 atom stereocenters. The van der Waals surface area contributed by atoms with E-state index >= 15 is 0 Å². The summed E-state index contributed by atoms with van der Waals surface area (Å²) in [4.78, 5) is 12.8. The number of rotatable bonds is 3. The van der Waals surface area contributed by atoms with Gasteiger partial charge in [-0.25, -0.2) is 0 Å². The number of carbonyl (C=O) groups excluding carboxylic acids is 1. The Labute approximate surface area is 116 Å². The van der Waals surface area contributed by atoms with Crippen LogP contribution in [0.25, 0.3) is 0 Å². The molecular weight excluding hydrogens is 260 g/mol. The quantitative estimate of drug-likeness (QED) is 0.845. The average Bonchev–Trinajstić information content (AvgIpc) is 2.82. The molecule has 1 amide bonds. The lowest BCUT2D eigenvalue weighted by molar-refractivity contribution is 0.102. The van der Waals surface area contributed by atoms with Crippen molar-refractivity contribution in [1.29, 1.82) is 0 Å². The summed E-state index contributed by atoms with van der Waals surface area (Å²) in [5.41, 5.74) is 8.78. The second-order valence-electron chi connectivity index (χ2n) is 4.67. The highest BCUT2D eigenvalue weighted by Crippen LogP contribution is 2.23. The summed E-state index contributed by atoms with van der Waals surface area (Å²) in [6.07, 6.45) is 0. The first-order valence-corrected chi connectivity index (χ1v) is 6.76. The van der Waals surface area contributed by atoms with Crippen molar-refractivity contribution in [2.24, 2.45) is 0 Å². The van der Waals surface area contributed by atoms with Crippen molar-refractivity contribution in [3.8, 4) is 0 Å². The number of nitrogens with one attached hydrogen (secondary N) is 1. The molecular formula is C13H16N4OS. The summed E-state index contributed by atoms with van der Waals surface area (Å²) < 4.78 is 3.85. The monoisotopic (exact) mass is 276 g/mol. The maximum absolute atomic E-state index is 12.2. The Morgan fingerprint density at radius 1 is 1.42 bits per heavy atom. The van der Waals surface area contributed by atoms with Gasteiger partial charge in [-0.1, -0.05) is 18.3 Å². The summed E-state index contributed by atoms with van der Waals surface area (Å²) in [6.45, 7) is 5.88. The third-order valence-electron chi connectivity index (χ3n) is 2.77. The van der Waals surface area contributed by atoms with Crippen molar-refractivity contribution in [2.45, 2.75) is 26.7 Å². The molecule has 1 heterocycles.